The van der Waals surface area contributed by atoms with Gasteiger partial charge in [-0.3, -0.25) is 9.69 Å². The molecular weight excluding hydrogens is 375 g/mol. The maximum Gasteiger partial charge on any atom is 0.416 e. The number of alkyl halides is 3. The van der Waals surface area contributed by atoms with Crippen LogP contribution in [0.25, 0.3) is 0 Å². The monoisotopic (exact) mass is 395 g/mol. The number of hydrogen-bond acceptors (Lipinski definition) is 6. The Labute approximate surface area is 159 Å². The Hall–Kier alpha value is -2.72. The number of halogens is 3. The van der Waals surface area contributed by atoms with E-state index in [0.29, 0.717) is 12.4 Å². The number of hydrogen-bond donors (Lipinski definition) is 2. The minimum atomic E-state index is -4.42. The normalized spacial score (nSPS) is 15.2. The Kier molecular flexibility index (Phi) is 6.42. The molecule has 2 N–H and O–H groups in total. The van der Waals surface area contributed by atoms with Crippen LogP contribution in [0.3, 0.4) is 0 Å². The number of carbonyl (C=O) groups excluding carboxylic acids is 1. The predicted octanol–water partition coefficient (Wildman–Crippen LogP) is 2.49. The van der Waals surface area contributed by atoms with Crippen molar-refractivity contribution in [1.82, 2.24) is 14.9 Å². The second-order valence-corrected chi connectivity index (χ2v) is 6.20. The van der Waals surface area contributed by atoms with Crippen molar-refractivity contribution in [2.24, 2.45) is 0 Å². The quantitative estimate of drug-likeness (QED) is 0.783. The van der Waals surface area contributed by atoms with Crippen molar-refractivity contribution >= 4 is 17.4 Å². The second-order valence-electron chi connectivity index (χ2n) is 6.20. The topological polar surface area (TPSA) is 79.4 Å². The van der Waals surface area contributed by atoms with E-state index in [4.69, 9.17) is 4.74 Å². The van der Waals surface area contributed by atoms with Gasteiger partial charge in [0.2, 0.25) is 0 Å². The van der Waals surface area contributed by atoms with Crippen molar-refractivity contribution in [2.45, 2.75) is 6.18 Å². The molecule has 1 amide bonds. The lowest BCUT2D eigenvalue weighted by Gasteiger charge is -2.26. The largest absolute Gasteiger partial charge is 0.416 e. The van der Waals surface area contributed by atoms with Crippen LogP contribution in [0.2, 0.25) is 0 Å². The van der Waals surface area contributed by atoms with Gasteiger partial charge in [0.25, 0.3) is 5.91 Å². The molecule has 10 heteroatoms. The lowest BCUT2D eigenvalue weighted by Crippen LogP contribution is -2.39. The van der Waals surface area contributed by atoms with Gasteiger partial charge >= 0.3 is 6.18 Å². The fourth-order valence-corrected chi connectivity index (χ4v) is 2.64. The van der Waals surface area contributed by atoms with Crippen molar-refractivity contribution in [3.8, 4) is 0 Å². The summed E-state index contributed by atoms with van der Waals surface area (Å²) in [6, 6.07) is 4.19. The molecule has 0 spiro atoms. The van der Waals surface area contributed by atoms with Crippen molar-refractivity contribution in [3.05, 3.63) is 47.9 Å². The lowest BCUT2D eigenvalue weighted by molar-refractivity contribution is -0.137. The van der Waals surface area contributed by atoms with Crippen molar-refractivity contribution in [2.75, 3.05) is 50.0 Å². The molecule has 3 rings (SSSR count). The van der Waals surface area contributed by atoms with E-state index >= 15 is 0 Å². The summed E-state index contributed by atoms with van der Waals surface area (Å²) in [5.41, 5.74) is -0.469. The van der Waals surface area contributed by atoms with Crippen LogP contribution in [0.15, 0.2) is 36.7 Å². The summed E-state index contributed by atoms with van der Waals surface area (Å²) < 4.78 is 43.0. The Morgan fingerprint density at radius 3 is 2.43 bits per heavy atom. The highest BCUT2D eigenvalue weighted by molar-refractivity contribution is 6.02. The molecule has 0 bridgehead atoms. The predicted molar refractivity (Wildman–Crippen MR) is 97.2 cm³/mol. The number of anilines is 2. The van der Waals surface area contributed by atoms with Crippen LogP contribution >= 0.6 is 0 Å². The number of morpholine rings is 1. The summed E-state index contributed by atoms with van der Waals surface area (Å²) >= 11 is 0. The molecule has 150 valence electrons. The van der Waals surface area contributed by atoms with Crippen LogP contribution in [0.4, 0.5) is 24.7 Å². The highest BCUT2D eigenvalue weighted by atomic mass is 19.4. The van der Waals surface area contributed by atoms with Crippen LogP contribution in [0, 0.1) is 0 Å². The molecular formula is C18H20F3N5O2. The van der Waals surface area contributed by atoms with Crippen LogP contribution in [0.1, 0.15) is 16.1 Å². The highest BCUT2D eigenvalue weighted by Gasteiger charge is 2.30. The van der Waals surface area contributed by atoms with E-state index in [1.54, 1.807) is 0 Å². The van der Waals surface area contributed by atoms with Crippen LogP contribution in [-0.4, -0.2) is 60.2 Å². The first-order chi connectivity index (χ1) is 13.4. The van der Waals surface area contributed by atoms with E-state index in [-0.39, 0.29) is 11.4 Å². The minimum Gasteiger partial charge on any atom is -0.379 e. The average Bonchev–Trinajstić information content (AvgIpc) is 2.69. The fourth-order valence-electron chi connectivity index (χ4n) is 2.64. The van der Waals surface area contributed by atoms with E-state index < -0.39 is 17.6 Å². The van der Waals surface area contributed by atoms with Gasteiger partial charge in [-0.05, 0) is 24.3 Å². The molecule has 2 aromatic rings. The molecule has 0 aliphatic carbocycles. The Morgan fingerprint density at radius 2 is 1.82 bits per heavy atom. The Morgan fingerprint density at radius 1 is 1.11 bits per heavy atom. The first-order valence-corrected chi connectivity index (χ1v) is 8.76. The molecule has 2 heterocycles. The third-order valence-corrected chi connectivity index (χ3v) is 4.19. The van der Waals surface area contributed by atoms with E-state index in [2.05, 4.69) is 25.5 Å². The number of nitrogens with one attached hydrogen (secondary N) is 2. The fraction of sp³-hybridized carbons (Fsp3) is 0.389. The molecule has 1 aliphatic rings. The van der Waals surface area contributed by atoms with Gasteiger partial charge in [-0.15, -0.1) is 0 Å². The molecule has 0 saturated carbocycles. The molecule has 0 atom stereocenters. The van der Waals surface area contributed by atoms with Gasteiger partial charge in [0.15, 0.2) is 0 Å². The Bertz CT molecular complexity index is 775. The van der Waals surface area contributed by atoms with Gasteiger partial charge in [0.1, 0.15) is 11.5 Å². The van der Waals surface area contributed by atoms with Crippen LogP contribution in [-0.2, 0) is 10.9 Å². The van der Waals surface area contributed by atoms with Crippen molar-refractivity contribution in [1.29, 1.82) is 0 Å². The lowest BCUT2D eigenvalue weighted by atomic mass is 10.2. The summed E-state index contributed by atoms with van der Waals surface area (Å²) in [6.07, 6.45) is -1.66. The molecule has 1 aromatic carbocycles. The van der Waals surface area contributed by atoms with Gasteiger partial charge in [-0.1, -0.05) is 0 Å². The van der Waals surface area contributed by atoms with E-state index in [1.807, 2.05) is 0 Å². The van der Waals surface area contributed by atoms with Gasteiger partial charge in [-0.25, -0.2) is 9.97 Å². The number of benzene rings is 1. The molecule has 0 radical (unpaired) electrons. The van der Waals surface area contributed by atoms with Gasteiger partial charge in [0, 0.05) is 31.9 Å². The van der Waals surface area contributed by atoms with E-state index in [9.17, 15) is 18.0 Å². The molecule has 1 aliphatic heterocycles. The summed E-state index contributed by atoms with van der Waals surface area (Å²) in [7, 11) is 0. The van der Waals surface area contributed by atoms with Crippen molar-refractivity contribution in [3.63, 3.8) is 0 Å². The molecule has 7 nitrogen and oxygen atoms in total. The molecule has 1 aromatic heterocycles. The second kappa shape index (κ2) is 8.98. The standard InChI is InChI=1S/C18H20F3N5O2/c19-18(20,21)13-1-3-14(4-2-13)25-17(27)15-11-24-16(12-23-15)22-5-6-26-7-9-28-10-8-26/h1-4,11-12H,5-10H2,(H,22,24)(H,25,27). The first kappa shape index (κ1) is 20.0. The van der Waals surface area contributed by atoms with Gasteiger partial charge in [0.05, 0.1) is 31.2 Å². The first-order valence-electron chi connectivity index (χ1n) is 8.76. The van der Waals surface area contributed by atoms with E-state index in [1.165, 1.54) is 24.5 Å². The maximum absolute atomic E-state index is 12.6. The number of nitrogens with zero attached hydrogens (tertiary/aromatic N) is 3. The zero-order chi connectivity index (χ0) is 20.0. The molecule has 0 unspecified atom stereocenters. The number of carbonyl (C=O) groups is 1. The summed E-state index contributed by atoms with van der Waals surface area (Å²) in [6.45, 7) is 4.81. The summed E-state index contributed by atoms with van der Waals surface area (Å²) in [5, 5.41) is 5.63. The molecule has 28 heavy (non-hydrogen) atoms. The third kappa shape index (κ3) is 5.64. The molecule has 1 fully saturated rings. The Balaban J connectivity index is 1.49. The van der Waals surface area contributed by atoms with Crippen molar-refractivity contribution < 1.29 is 22.7 Å². The third-order valence-electron chi connectivity index (χ3n) is 4.19. The van der Waals surface area contributed by atoms with Gasteiger partial charge in [-0.2, -0.15) is 13.2 Å². The number of amides is 1. The zero-order valence-electron chi connectivity index (χ0n) is 15.0. The minimum absolute atomic E-state index is 0.0682. The SMILES string of the molecule is O=C(Nc1ccc(C(F)(F)F)cc1)c1cnc(NCCN2CCOCC2)cn1. The van der Waals surface area contributed by atoms with Gasteiger partial charge < -0.3 is 15.4 Å². The van der Waals surface area contributed by atoms with Crippen LogP contribution in [0.5, 0.6) is 0 Å². The average molecular weight is 395 g/mol. The number of aromatic nitrogens is 2. The van der Waals surface area contributed by atoms with Crippen LogP contribution < -0.4 is 10.6 Å². The highest BCUT2D eigenvalue weighted by Crippen LogP contribution is 2.29. The summed E-state index contributed by atoms with van der Waals surface area (Å²) in [5.74, 6) is -0.00790. The molecule has 1 saturated heterocycles. The van der Waals surface area contributed by atoms with E-state index in [0.717, 1.165) is 45.0 Å². The number of rotatable bonds is 6. The smallest absolute Gasteiger partial charge is 0.379 e. The maximum atomic E-state index is 12.6. The number of ether oxygens (including phenoxy) is 1. The zero-order valence-corrected chi connectivity index (χ0v) is 15.0. The summed E-state index contributed by atoms with van der Waals surface area (Å²) in [4.78, 5) is 22.6.